The SMILES string of the molecule is Cl.N#Cc1ccc2onc(N3CCN(CCCCOc4ccc5c(c4)NC(=O)CC5)CC3)c2c1. The number of carbonyl (C=O) groups is 1. The standard InChI is InChI=1S/C25H27N5O3.ClH/c26-17-18-3-7-23-21(15-18)25(28-33-23)30-12-10-29(11-13-30)9-1-2-14-32-20-6-4-19-5-8-24(31)27-22(19)16-20;/h3-4,6-7,15-16H,1-2,5,8-14H2,(H,27,31);1H. The Morgan fingerprint density at radius 2 is 1.94 bits per heavy atom. The average Bonchev–Trinajstić information content (AvgIpc) is 3.27. The molecular weight excluding hydrogens is 454 g/mol. The fourth-order valence-electron chi connectivity index (χ4n) is 4.47. The van der Waals surface area contributed by atoms with Gasteiger partial charge in [0, 0.05) is 44.4 Å². The number of hydrogen-bond donors (Lipinski definition) is 1. The van der Waals surface area contributed by atoms with Gasteiger partial charge in [0.1, 0.15) is 5.75 Å². The summed E-state index contributed by atoms with van der Waals surface area (Å²) >= 11 is 0. The molecule has 34 heavy (non-hydrogen) atoms. The molecule has 1 amide bonds. The third kappa shape index (κ3) is 5.27. The van der Waals surface area contributed by atoms with Gasteiger partial charge in [0.25, 0.3) is 0 Å². The molecule has 1 saturated heterocycles. The van der Waals surface area contributed by atoms with E-state index in [4.69, 9.17) is 14.5 Å². The van der Waals surface area contributed by atoms with Crippen molar-refractivity contribution in [2.45, 2.75) is 25.7 Å². The first-order valence-electron chi connectivity index (χ1n) is 11.5. The van der Waals surface area contributed by atoms with Crippen LogP contribution in [-0.2, 0) is 11.2 Å². The molecule has 0 spiro atoms. The summed E-state index contributed by atoms with van der Waals surface area (Å²) in [5.74, 6) is 1.71. The number of aromatic nitrogens is 1. The molecule has 5 rings (SSSR count). The molecule has 0 saturated carbocycles. The van der Waals surface area contributed by atoms with Gasteiger partial charge in [-0.25, -0.2) is 0 Å². The molecule has 2 aliphatic heterocycles. The number of nitrogens with zero attached hydrogens (tertiary/aromatic N) is 4. The van der Waals surface area contributed by atoms with E-state index in [1.807, 2.05) is 30.3 Å². The van der Waals surface area contributed by atoms with E-state index in [-0.39, 0.29) is 18.3 Å². The number of fused-ring (bicyclic) bond motifs is 2. The maximum atomic E-state index is 11.6. The lowest BCUT2D eigenvalue weighted by Crippen LogP contribution is -2.46. The summed E-state index contributed by atoms with van der Waals surface area (Å²) in [6, 6.07) is 13.6. The number of nitriles is 1. The van der Waals surface area contributed by atoms with Gasteiger partial charge in [0.15, 0.2) is 11.4 Å². The van der Waals surface area contributed by atoms with Crippen molar-refractivity contribution in [2.75, 3.05) is 49.5 Å². The van der Waals surface area contributed by atoms with E-state index in [9.17, 15) is 4.79 Å². The molecule has 3 heterocycles. The van der Waals surface area contributed by atoms with Gasteiger partial charge in [-0.2, -0.15) is 5.26 Å². The predicted octanol–water partition coefficient (Wildman–Crippen LogP) is 3.99. The van der Waals surface area contributed by atoms with E-state index in [2.05, 4.69) is 26.3 Å². The molecule has 0 unspecified atom stereocenters. The van der Waals surface area contributed by atoms with Crippen molar-refractivity contribution < 1.29 is 14.1 Å². The Morgan fingerprint density at radius 3 is 2.76 bits per heavy atom. The summed E-state index contributed by atoms with van der Waals surface area (Å²) < 4.78 is 11.3. The van der Waals surface area contributed by atoms with Crippen LogP contribution in [0, 0.1) is 11.3 Å². The second kappa shape index (κ2) is 10.8. The number of ether oxygens (including phenoxy) is 1. The van der Waals surface area contributed by atoms with E-state index >= 15 is 0 Å². The van der Waals surface area contributed by atoms with Gasteiger partial charge >= 0.3 is 0 Å². The first-order chi connectivity index (χ1) is 16.2. The van der Waals surface area contributed by atoms with Crippen molar-refractivity contribution in [2.24, 2.45) is 0 Å². The van der Waals surface area contributed by atoms with E-state index < -0.39 is 0 Å². The molecule has 0 bridgehead atoms. The van der Waals surface area contributed by atoms with E-state index in [0.29, 0.717) is 24.2 Å². The predicted molar refractivity (Wildman–Crippen MR) is 133 cm³/mol. The van der Waals surface area contributed by atoms with Crippen LogP contribution in [0.1, 0.15) is 30.4 Å². The van der Waals surface area contributed by atoms with Crippen LogP contribution in [-0.4, -0.2) is 55.3 Å². The Morgan fingerprint density at radius 1 is 1.09 bits per heavy atom. The van der Waals surface area contributed by atoms with Gasteiger partial charge in [0.2, 0.25) is 5.91 Å². The largest absolute Gasteiger partial charge is 0.494 e. The van der Waals surface area contributed by atoms with Crippen LogP contribution in [0.2, 0.25) is 0 Å². The number of halogens is 1. The number of rotatable bonds is 7. The first kappa shape index (κ1) is 23.9. The fourth-order valence-corrected chi connectivity index (χ4v) is 4.47. The number of aryl methyl sites for hydroxylation is 1. The highest BCUT2D eigenvalue weighted by molar-refractivity contribution is 5.94. The molecule has 3 aromatic rings. The second-order valence-electron chi connectivity index (χ2n) is 8.58. The van der Waals surface area contributed by atoms with Crippen molar-refractivity contribution in [3.8, 4) is 11.8 Å². The van der Waals surface area contributed by atoms with E-state index in [1.165, 1.54) is 5.56 Å². The third-order valence-electron chi connectivity index (χ3n) is 6.37. The first-order valence-corrected chi connectivity index (χ1v) is 11.5. The van der Waals surface area contributed by atoms with Gasteiger partial charge in [-0.05, 0) is 55.6 Å². The highest BCUT2D eigenvalue weighted by Crippen LogP contribution is 2.28. The zero-order valence-corrected chi connectivity index (χ0v) is 19.8. The van der Waals surface area contributed by atoms with Crippen LogP contribution >= 0.6 is 12.4 Å². The summed E-state index contributed by atoms with van der Waals surface area (Å²) in [4.78, 5) is 16.3. The Hall–Kier alpha value is -3.28. The Labute approximate surface area is 204 Å². The number of piperazine rings is 1. The number of unbranched alkanes of at least 4 members (excludes halogenated alkanes) is 1. The number of anilines is 2. The molecule has 2 aromatic carbocycles. The Bertz CT molecular complexity index is 1200. The summed E-state index contributed by atoms with van der Waals surface area (Å²) in [7, 11) is 0. The number of benzene rings is 2. The van der Waals surface area contributed by atoms with Crippen molar-refractivity contribution in [1.29, 1.82) is 5.26 Å². The summed E-state index contributed by atoms with van der Waals surface area (Å²) in [6.07, 6.45) is 3.40. The summed E-state index contributed by atoms with van der Waals surface area (Å²) in [5, 5.41) is 17.2. The van der Waals surface area contributed by atoms with Crippen molar-refractivity contribution >= 4 is 40.8 Å². The number of carbonyl (C=O) groups excluding carboxylic acids is 1. The highest BCUT2D eigenvalue weighted by Gasteiger charge is 2.21. The molecular formula is C25H28ClN5O3. The lowest BCUT2D eigenvalue weighted by atomic mass is 10.0. The van der Waals surface area contributed by atoms with Crippen molar-refractivity contribution in [1.82, 2.24) is 10.1 Å². The lowest BCUT2D eigenvalue weighted by Gasteiger charge is -2.34. The minimum Gasteiger partial charge on any atom is -0.494 e. The molecule has 1 N–H and O–H groups in total. The van der Waals surface area contributed by atoms with Crippen LogP contribution < -0.4 is 15.0 Å². The maximum Gasteiger partial charge on any atom is 0.224 e. The fraction of sp³-hybridized carbons (Fsp3) is 0.400. The summed E-state index contributed by atoms with van der Waals surface area (Å²) in [5.41, 5.74) is 3.39. The molecule has 2 aliphatic rings. The Balaban J connectivity index is 0.00000274. The van der Waals surface area contributed by atoms with E-state index in [1.54, 1.807) is 6.07 Å². The molecule has 1 aromatic heterocycles. The van der Waals surface area contributed by atoms with Gasteiger partial charge in [0.05, 0.1) is 23.6 Å². The second-order valence-corrected chi connectivity index (χ2v) is 8.58. The zero-order valence-electron chi connectivity index (χ0n) is 19.0. The smallest absolute Gasteiger partial charge is 0.224 e. The van der Waals surface area contributed by atoms with Gasteiger partial charge in [-0.1, -0.05) is 11.2 Å². The van der Waals surface area contributed by atoms with Gasteiger partial charge in [-0.3, -0.25) is 9.69 Å². The van der Waals surface area contributed by atoms with Crippen LogP contribution in [0.5, 0.6) is 5.75 Å². The molecule has 0 aliphatic carbocycles. The van der Waals surface area contributed by atoms with Gasteiger partial charge < -0.3 is 19.5 Å². The minimum atomic E-state index is 0. The van der Waals surface area contributed by atoms with Crippen molar-refractivity contribution in [3.63, 3.8) is 0 Å². The molecule has 0 radical (unpaired) electrons. The number of nitrogens with one attached hydrogen (secondary N) is 1. The molecule has 178 valence electrons. The van der Waals surface area contributed by atoms with Crippen LogP contribution in [0.25, 0.3) is 11.0 Å². The van der Waals surface area contributed by atoms with Crippen LogP contribution in [0.3, 0.4) is 0 Å². The molecule has 1 fully saturated rings. The van der Waals surface area contributed by atoms with Crippen LogP contribution in [0.4, 0.5) is 11.5 Å². The molecule has 9 heteroatoms. The molecule has 0 atom stereocenters. The average molecular weight is 482 g/mol. The van der Waals surface area contributed by atoms with Gasteiger partial charge in [-0.15, -0.1) is 12.4 Å². The Kier molecular flexibility index (Phi) is 7.56. The van der Waals surface area contributed by atoms with Crippen LogP contribution in [0.15, 0.2) is 40.9 Å². The molecule has 8 nitrogen and oxygen atoms in total. The summed E-state index contributed by atoms with van der Waals surface area (Å²) in [6.45, 7) is 5.41. The topological polar surface area (TPSA) is 94.6 Å². The van der Waals surface area contributed by atoms with E-state index in [0.717, 1.165) is 74.6 Å². The minimum absolute atomic E-state index is 0. The maximum absolute atomic E-state index is 11.6. The normalized spacial score (nSPS) is 15.9. The monoisotopic (exact) mass is 481 g/mol. The quantitative estimate of drug-likeness (QED) is 0.510. The lowest BCUT2D eigenvalue weighted by molar-refractivity contribution is -0.116. The zero-order chi connectivity index (χ0) is 22.6. The van der Waals surface area contributed by atoms with Crippen molar-refractivity contribution in [3.05, 3.63) is 47.5 Å². The number of amides is 1. The highest BCUT2D eigenvalue weighted by atomic mass is 35.5. The number of hydrogen-bond acceptors (Lipinski definition) is 7. The third-order valence-corrected chi connectivity index (χ3v) is 6.37.